The Morgan fingerprint density at radius 3 is 3.13 bits per heavy atom. The molecule has 0 amide bonds. The maximum atomic E-state index is 13.6. The normalized spacial score (nSPS) is 11.3. The first-order valence-corrected chi connectivity index (χ1v) is 4.72. The summed E-state index contributed by atoms with van der Waals surface area (Å²) in [5.74, 6) is -0.407. The molecule has 0 radical (unpaired) electrons. The molecule has 5 heteroatoms. The molecule has 0 saturated heterocycles. The highest BCUT2D eigenvalue weighted by atomic mass is 35.5. The maximum absolute atomic E-state index is 13.6. The van der Waals surface area contributed by atoms with E-state index in [9.17, 15) is 4.39 Å². The number of hydrogen-bond donors (Lipinski definition) is 1. The first-order valence-electron chi connectivity index (χ1n) is 4.34. The van der Waals surface area contributed by atoms with Crippen LogP contribution in [-0.4, -0.2) is 15.0 Å². The summed E-state index contributed by atoms with van der Waals surface area (Å²) >= 11 is 5.66. The maximum Gasteiger partial charge on any atom is 0.144 e. The van der Waals surface area contributed by atoms with Gasteiger partial charge in [0.2, 0.25) is 0 Å². The van der Waals surface area contributed by atoms with E-state index in [-0.39, 0.29) is 5.15 Å². The molecule has 0 atom stereocenters. The molecule has 0 bridgehead atoms. The number of nitrogens with zero attached hydrogens (tertiary/aromatic N) is 2. The van der Waals surface area contributed by atoms with Crippen molar-refractivity contribution in [1.29, 1.82) is 0 Å². The second kappa shape index (κ2) is 2.90. The molecule has 0 aliphatic rings. The van der Waals surface area contributed by atoms with Crippen LogP contribution in [-0.2, 0) is 0 Å². The number of aromatic nitrogens is 3. The van der Waals surface area contributed by atoms with Crippen LogP contribution in [0.25, 0.3) is 22.1 Å². The van der Waals surface area contributed by atoms with Crippen LogP contribution >= 0.6 is 11.6 Å². The van der Waals surface area contributed by atoms with Crippen molar-refractivity contribution in [1.82, 2.24) is 15.0 Å². The molecule has 0 aliphatic carbocycles. The fraction of sp³-hybridized carbons (Fsp3) is 0. The lowest BCUT2D eigenvalue weighted by Crippen LogP contribution is -1.82. The summed E-state index contributed by atoms with van der Waals surface area (Å²) in [5.41, 5.74) is 1.75. The third-order valence-electron chi connectivity index (χ3n) is 2.24. The Bertz CT molecular complexity index is 662. The van der Waals surface area contributed by atoms with Crippen molar-refractivity contribution in [3.8, 4) is 0 Å². The van der Waals surface area contributed by atoms with E-state index in [4.69, 9.17) is 11.6 Å². The largest absolute Gasteiger partial charge is 0.338 e. The molecule has 0 saturated carbocycles. The Labute approximate surface area is 88.9 Å². The zero-order valence-corrected chi connectivity index (χ0v) is 8.22. The Morgan fingerprint density at radius 2 is 2.27 bits per heavy atom. The Hall–Kier alpha value is -1.68. The highest BCUT2D eigenvalue weighted by molar-refractivity contribution is 6.30. The molecule has 74 valence electrons. The fourth-order valence-electron chi connectivity index (χ4n) is 1.63. The Morgan fingerprint density at radius 1 is 1.40 bits per heavy atom. The second-order valence-electron chi connectivity index (χ2n) is 3.17. The number of hydrogen-bond acceptors (Lipinski definition) is 2. The van der Waals surface area contributed by atoms with Crippen molar-refractivity contribution in [3.63, 3.8) is 0 Å². The summed E-state index contributed by atoms with van der Waals surface area (Å²) in [6, 6.07) is 4.78. The van der Waals surface area contributed by atoms with E-state index >= 15 is 0 Å². The molecule has 15 heavy (non-hydrogen) atoms. The van der Waals surface area contributed by atoms with E-state index in [0.29, 0.717) is 16.6 Å². The van der Waals surface area contributed by atoms with Crippen molar-refractivity contribution in [2.75, 3.05) is 0 Å². The van der Waals surface area contributed by atoms with Gasteiger partial charge in [-0.05, 0) is 12.1 Å². The monoisotopic (exact) mass is 221 g/mol. The number of rotatable bonds is 0. The lowest BCUT2D eigenvalue weighted by atomic mass is 10.3. The third-order valence-corrected chi connectivity index (χ3v) is 2.43. The minimum Gasteiger partial charge on any atom is -0.338 e. The van der Waals surface area contributed by atoms with Crippen LogP contribution < -0.4 is 0 Å². The van der Waals surface area contributed by atoms with Crippen molar-refractivity contribution in [2.45, 2.75) is 0 Å². The van der Waals surface area contributed by atoms with E-state index in [0.717, 1.165) is 5.52 Å². The highest BCUT2D eigenvalue weighted by Crippen LogP contribution is 2.26. The molecular formula is C10H5ClFN3. The average molecular weight is 222 g/mol. The molecule has 0 aromatic carbocycles. The summed E-state index contributed by atoms with van der Waals surface area (Å²) in [4.78, 5) is 11.1. The van der Waals surface area contributed by atoms with Gasteiger partial charge in [-0.15, -0.1) is 0 Å². The predicted molar refractivity (Wildman–Crippen MR) is 56.4 cm³/mol. The average Bonchev–Trinajstić information content (AvgIpc) is 2.54. The second-order valence-corrected chi connectivity index (χ2v) is 3.56. The van der Waals surface area contributed by atoms with Crippen LogP contribution in [0.5, 0.6) is 0 Å². The molecule has 0 aliphatic heterocycles. The van der Waals surface area contributed by atoms with E-state index in [1.165, 1.54) is 6.07 Å². The molecule has 3 aromatic heterocycles. The third kappa shape index (κ3) is 1.18. The number of H-pyrrole nitrogens is 1. The lowest BCUT2D eigenvalue weighted by molar-refractivity contribution is 0.639. The van der Waals surface area contributed by atoms with Gasteiger partial charge in [-0.2, -0.15) is 0 Å². The number of halogens is 2. The van der Waals surface area contributed by atoms with Crippen LogP contribution in [0.1, 0.15) is 0 Å². The number of fused-ring (bicyclic) bond motifs is 3. The van der Waals surface area contributed by atoms with Gasteiger partial charge >= 0.3 is 0 Å². The van der Waals surface area contributed by atoms with Gasteiger partial charge < -0.3 is 4.98 Å². The van der Waals surface area contributed by atoms with Gasteiger partial charge in [-0.3, -0.25) is 4.98 Å². The Balaban J connectivity index is 2.61. The van der Waals surface area contributed by atoms with E-state index in [2.05, 4.69) is 15.0 Å². The van der Waals surface area contributed by atoms with Crippen molar-refractivity contribution in [3.05, 3.63) is 35.4 Å². The van der Waals surface area contributed by atoms with Crippen LogP contribution in [0.3, 0.4) is 0 Å². The van der Waals surface area contributed by atoms with Gasteiger partial charge in [0.1, 0.15) is 22.1 Å². The van der Waals surface area contributed by atoms with Gasteiger partial charge in [0.25, 0.3) is 0 Å². The predicted octanol–water partition coefficient (Wildman–Crippen LogP) is 2.90. The van der Waals surface area contributed by atoms with Gasteiger partial charge in [0.15, 0.2) is 0 Å². The molecule has 0 unspecified atom stereocenters. The van der Waals surface area contributed by atoms with Crippen LogP contribution in [0.4, 0.5) is 4.39 Å². The number of aromatic amines is 1. The summed E-state index contributed by atoms with van der Waals surface area (Å²) in [6.45, 7) is 0. The van der Waals surface area contributed by atoms with Crippen LogP contribution in [0, 0.1) is 5.82 Å². The summed E-state index contributed by atoms with van der Waals surface area (Å²) < 4.78 is 13.6. The fourth-order valence-corrected chi connectivity index (χ4v) is 1.81. The Kier molecular flexibility index (Phi) is 1.67. The minimum atomic E-state index is -0.407. The zero-order valence-electron chi connectivity index (χ0n) is 7.46. The molecule has 3 nitrogen and oxygen atoms in total. The molecule has 1 N–H and O–H groups in total. The first-order chi connectivity index (χ1) is 7.25. The standard InChI is InChI=1S/C10H5ClFN3/c11-7-4-5(12)8-9-6(2-1-3-13-9)14-10(8)15-7/h1-4H,(H,14,15). The topological polar surface area (TPSA) is 41.6 Å². The lowest BCUT2D eigenvalue weighted by Gasteiger charge is -1.93. The van der Waals surface area contributed by atoms with Gasteiger partial charge in [0, 0.05) is 12.3 Å². The molecule has 3 rings (SSSR count). The van der Waals surface area contributed by atoms with Gasteiger partial charge in [-0.25, -0.2) is 9.37 Å². The summed E-state index contributed by atoms with van der Waals surface area (Å²) in [5, 5.41) is 0.515. The molecule has 0 fully saturated rings. The molecule has 3 heterocycles. The number of pyridine rings is 2. The van der Waals surface area contributed by atoms with Crippen LogP contribution in [0.15, 0.2) is 24.4 Å². The molecular weight excluding hydrogens is 217 g/mol. The number of nitrogens with one attached hydrogen (secondary N) is 1. The van der Waals surface area contributed by atoms with Crippen molar-refractivity contribution >= 4 is 33.7 Å². The summed E-state index contributed by atoms with van der Waals surface area (Å²) in [6.07, 6.45) is 1.61. The van der Waals surface area contributed by atoms with Gasteiger partial charge in [0.05, 0.1) is 10.9 Å². The highest BCUT2D eigenvalue weighted by Gasteiger charge is 2.11. The smallest absolute Gasteiger partial charge is 0.144 e. The van der Waals surface area contributed by atoms with E-state index < -0.39 is 5.82 Å². The van der Waals surface area contributed by atoms with Crippen LogP contribution in [0.2, 0.25) is 5.15 Å². The zero-order chi connectivity index (χ0) is 10.4. The SMILES string of the molecule is Fc1cc(Cl)nc2[nH]c3cccnc3c12. The molecule has 3 aromatic rings. The van der Waals surface area contributed by atoms with Gasteiger partial charge in [-0.1, -0.05) is 11.6 Å². The minimum absolute atomic E-state index is 0.131. The van der Waals surface area contributed by atoms with Crippen molar-refractivity contribution in [2.24, 2.45) is 0 Å². The van der Waals surface area contributed by atoms with E-state index in [1.807, 2.05) is 6.07 Å². The first kappa shape index (κ1) is 8.61. The quantitative estimate of drug-likeness (QED) is 0.593. The van der Waals surface area contributed by atoms with E-state index in [1.54, 1.807) is 12.3 Å². The summed E-state index contributed by atoms with van der Waals surface area (Å²) in [7, 11) is 0. The van der Waals surface area contributed by atoms with Crippen molar-refractivity contribution < 1.29 is 4.39 Å². The molecule has 0 spiro atoms.